The molecular formula is C8H7F2N3O2S. The zero-order valence-corrected chi connectivity index (χ0v) is 8.92. The first-order valence-corrected chi connectivity index (χ1v) is 5.54. The first kappa shape index (κ1) is 12.5. The van der Waals surface area contributed by atoms with Gasteiger partial charge in [-0.1, -0.05) is 0 Å². The molecule has 0 atom stereocenters. The molecule has 0 aliphatic heterocycles. The van der Waals surface area contributed by atoms with Crippen molar-refractivity contribution in [3.05, 3.63) is 23.0 Å². The second-order valence-electron chi connectivity index (χ2n) is 2.97. The highest BCUT2D eigenvalue weighted by molar-refractivity contribution is 7.89. The van der Waals surface area contributed by atoms with E-state index < -0.39 is 32.6 Å². The van der Waals surface area contributed by atoms with Crippen LogP contribution in [-0.2, 0) is 10.0 Å². The molecule has 0 unspecified atom stereocenters. The number of nitriles is 1. The number of hydrogen-bond acceptors (Lipinski definition) is 4. The van der Waals surface area contributed by atoms with Gasteiger partial charge in [-0.3, -0.25) is 4.98 Å². The van der Waals surface area contributed by atoms with Gasteiger partial charge in [-0.15, -0.1) is 0 Å². The molecule has 0 aliphatic carbocycles. The van der Waals surface area contributed by atoms with Crippen molar-refractivity contribution in [2.24, 2.45) is 5.14 Å². The molecule has 0 spiro atoms. The summed E-state index contributed by atoms with van der Waals surface area (Å²) in [4.78, 5) is 2.75. The van der Waals surface area contributed by atoms with E-state index in [0.717, 1.165) is 0 Å². The Balaban J connectivity index is 3.62. The predicted molar refractivity (Wildman–Crippen MR) is 50.0 cm³/mol. The van der Waals surface area contributed by atoms with Crippen LogP contribution in [0.5, 0.6) is 0 Å². The third-order valence-corrected chi connectivity index (χ3v) is 2.87. The van der Waals surface area contributed by atoms with E-state index in [2.05, 4.69) is 4.98 Å². The van der Waals surface area contributed by atoms with E-state index >= 15 is 0 Å². The minimum atomic E-state index is -4.14. The number of nitrogens with two attached hydrogens (primary N) is 1. The molecule has 0 aromatic carbocycles. The molecule has 0 amide bonds. The lowest BCUT2D eigenvalue weighted by Crippen LogP contribution is -2.16. The number of rotatable bonds is 2. The fourth-order valence-electron chi connectivity index (χ4n) is 1.18. The standard InChI is InChI=1S/C8H7F2N3O2S/c1-4-5(2-11)6(16(12,14)15)3-13-7(4)8(9)10/h3,8H,1H3,(H2,12,14,15). The highest BCUT2D eigenvalue weighted by Gasteiger charge is 2.22. The lowest BCUT2D eigenvalue weighted by molar-refractivity contribution is 0.145. The number of primary sulfonamides is 1. The average Bonchev–Trinajstić information content (AvgIpc) is 2.15. The molecule has 1 aromatic rings. The summed E-state index contributed by atoms with van der Waals surface area (Å²) in [5.74, 6) is 0. The van der Waals surface area contributed by atoms with Gasteiger partial charge < -0.3 is 0 Å². The van der Waals surface area contributed by atoms with Crippen molar-refractivity contribution in [3.8, 4) is 6.07 Å². The van der Waals surface area contributed by atoms with Crippen molar-refractivity contribution in [1.82, 2.24) is 4.98 Å². The Labute approximate surface area is 90.6 Å². The molecule has 8 heteroatoms. The van der Waals surface area contributed by atoms with Gasteiger partial charge in [0.1, 0.15) is 16.7 Å². The summed E-state index contributed by atoms with van der Waals surface area (Å²) in [7, 11) is -4.14. The summed E-state index contributed by atoms with van der Waals surface area (Å²) in [5.41, 5.74) is -1.19. The van der Waals surface area contributed by atoms with Crippen molar-refractivity contribution in [3.63, 3.8) is 0 Å². The average molecular weight is 247 g/mol. The van der Waals surface area contributed by atoms with Crippen LogP contribution in [0.3, 0.4) is 0 Å². The molecule has 1 aromatic heterocycles. The molecule has 0 radical (unpaired) electrons. The fraction of sp³-hybridized carbons (Fsp3) is 0.250. The number of halogens is 2. The topological polar surface area (TPSA) is 96.8 Å². The largest absolute Gasteiger partial charge is 0.280 e. The highest BCUT2D eigenvalue weighted by Crippen LogP contribution is 2.25. The van der Waals surface area contributed by atoms with E-state index in [-0.39, 0.29) is 5.56 Å². The first-order chi connectivity index (χ1) is 7.29. The van der Waals surface area contributed by atoms with Gasteiger partial charge in [-0.2, -0.15) is 5.26 Å². The van der Waals surface area contributed by atoms with Crippen LogP contribution in [-0.4, -0.2) is 13.4 Å². The SMILES string of the molecule is Cc1c(C(F)F)ncc(S(N)(=O)=O)c1C#N. The van der Waals surface area contributed by atoms with Crippen LogP contribution in [0.25, 0.3) is 0 Å². The quantitative estimate of drug-likeness (QED) is 0.837. The lowest BCUT2D eigenvalue weighted by atomic mass is 10.1. The number of sulfonamides is 1. The summed E-state index contributed by atoms with van der Waals surface area (Å²) in [5, 5.41) is 13.5. The van der Waals surface area contributed by atoms with Crippen LogP contribution in [0.15, 0.2) is 11.1 Å². The summed E-state index contributed by atoms with van der Waals surface area (Å²) < 4.78 is 46.9. The Morgan fingerprint density at radius 1 is 1.56 bits per heavy atom. The van der Waals surface area contributed by atoms with Gasteiger partial charge >= 0.3 is 0 Å². The van der Waals surface area contributed by atoms with Crippen molar-refractivity contribution < 1.29 is 17.2 Å². The Kier molecular flexibility index (Phi) is 3.21. The summed E-state index contributed by atoms with van der Waals surface area (Å²) in [6, 6.07) is 1.53. The minimum Gasteiger partial charge on any atom is -0.253 e. The van der Waals surface area contributed by atoms with Crippen LogP contribution < -0.4 is 5.14 Å². The van der Waals surface area contributed by atoms with Gasteiger partial charge in [0.15, 0.2) is 0 Å². The first-order valence-electron chi connectivity index (χ1n) is 3.99. The Hall–Kier alpha value is -1.59. The second-order valence-corrected chi connectivity index (χ2v) is 4.50. The van der Waals surface area contributed by atoms with E-state index in [1.165, 1.54) is 13.0 Å². The Morgan fingerprint density at radius 3 is 2.50 bits per heavy atom. The molecule has 0 saturated carbocycles. The number of alkyl halides is 2. The van der Waals surface area contributed by atoms with Crippen molar-refractivity contribution in [2.75, 3.05) is 0 Å². The van der Waals surface area contributed by atoms with E-state index in [0.29, 0.717) is 6.20 Å². The molecule has 0 saturated heterocycles. The third kappa shape index (κ3) is 2.15. The minimum absolute atomic E-state index is 0.177. The van der Waals surface area contributed by atoms with Crippen LogP contribution in [0.4, 0.5) is 8.78 Å². The zero-order valence-electron chi connectivity index (χ0n) is 8.11. The molecule has 1 heterocycles. The molecular weight excluding hydrogens is 240 g/mol. The van der Waals surface area contributed by atoms with Crippen LogP contribution >= 0.6 is 0 Å². The maximum atomic E-state index is 12.4. The maximum Gasteiger partial charge on any atom is 0.280 e. The molecule has 16 heavy (non-hydrogen) atoms. The van der Waals surface area contributed by atoms with Crippen molar-refractivity contribution >= 4 is 10.0 Å². The lowest BCUT2D eigenvalue weighted by Gasteiger charge is -2.08. The van der Waals surface area contributed by atoms with E-state index in [4.69, 9.17) is 10.4 Å². The molecule has 1 rings (SSSR count). The van der Waals surface area contributed by atoms with Gasteiger partial charge in [-0.25, -0.2) is 22.3 Å². The predicted octanol–water partition coefficient (Wildman–Crippen LogP) is 0.847. The van der Waals surface area contributed by atoms with Crippen LogP contribution in [0, 0.1) is 18.3 Å². The van der Waals surface area contributed by atoms with Gasteiger partial charge in [-0.05, 0) is 12.5 Å². The molecule has 0 fully saturated rings. The smallest absolute Gasteiger partial charge is 0.253 e. The maximum absolute atomic E-state index is 12.4. The summed E-state index contributed by atoms with van der Waals surface area (Å²) >= 11 is 0. The Morgan fingerprint density at radius 2 is 2.12 bits per heavy atom. The molecule has 86 valence electrons. The van der Waals surface area contributed by atoms with E-state index in [9.17, 15) is 17.2 Å². The second kappa shape index (κ2) is 4.11. The monoisotopic (exact) mass is 247 g/mol. The molecule has 2 N–H and O–H groups in total. The third-order valence-electron chi connectivity index (χ3n) is 1.95. The highest BCUT2D eigenvalue weighted by atomic mass is 32.2. The fourth-order valence-corrected chi connectivity index (χ4v) is 1.86. The Bertz CT molecular complexity index is 563. The van der Waals surface area contributed by atoms with Crippen LogP contribution in [0.2, 0.25) is 0 Å². The number of aromatic nitrogens is 1. The van der Waals surface area contributed by atoms with Gasteiger partial charge in [0.05, 0.1) is 5.56 Å². The zero-order chi connectivity index (χ0) is 12.5. The molecule has 0 aliphatic rings. The van der Waals surface area contributed by atoms with Gasteiger partial charge in [0.2, 0.25) is 10.0 Å². The summed E-state index contributed by atoms with van der Waals surface area (Å²) in [6.07, 6.45) is -2.20. The van der Waals surface area contributed by atoms with Gasteiger partial charge in [0.25, 0.3) is 6.43 Å². The normalized spacial score (nSPS) is 11.5. The van der Waals surface area contributed by atoms with Crippen molar-refractivity contribution in [1.29, 1.82) is 5.26 Å². The van der Waals surface area contributed by atoms with E-state index in [1.807, 2.05) is 0 Å². The summed E-state index contributed by atoms with van der Waals surface area (Å²) in [6.45, 7) is 1.20. The number of hydrogen-bond donors (Lipinski definition) is 1. The number of pyridine rings is 1. The molecule has 0 bridgehead atoms. The van der Waals surface area contributed by atoms with Crippen molar-refractivity contribution in [2.45, 2.75) is 18.2 Å². The molecule has 5 nitrogen and oxygen atoms in total. The van der Waals surface area contributed by atoms with Crippen LogP contribution in [0.1, 0.15) is 23.2 Å². The van der Waals surface area contributed by atoms with E-state index in [1.54, 1.807) is 0 Å². The van der Waals surface area contributed by atoms with Gasteiger partial charge in [0, 0.05) is 6.20 Å². The number of nitrogens with zero attached hydrogens (tertiary/aromatic N) is 2.